The molecule has 0 aliphatic carbocycles. The lowest BCUT2D eigenvalue weighted by Crippen LogP contribution is -2.54. The topological polar surface area (TPSA) is 50.5 Å². The molecule has 1 N–H and O–H groups in total. The summed E-state index contributed by atoms with van der Waals surface area (Å²) in [6.07, 6.45) is 2.52. The number of rotatable bonds is 6. The Morgan fingerprint density at radius 3 is 2.82 bits per heavy atom. The van der Waals surface area contributed by atoms with Gasteiger partial charge in [0.05, 0.1) is 12.2 Å². The smallest absolute Gasteiger partial charge is 0.0639 e. The lowest BCUT2D eigenvalue weighted by atomic mass is 10.1. The van der Waals surface area contributed by atoms with E-state index in [2.05, 4.69) is 22.8 Å². The molecule has 17 heavy (non-hydrogen) atoms. The molecule has 1 aliphatic heterocycles. The van der Waals surface area contributed by atoms with Crippen LogP contribution in [0.1, 0.15) is 33.1 Å². The molecule has 0 bridgehead atoms. The summed E-state index contributed by atoms with van der Waals surface area (Å²) in [4.78, 5) is 4.84. The van der Waals surface area contributed by atoms with Crippen molar-refractivity contribution < 1.29 is 5.11 Å². The molecule has 0 saturated carbocycles. The predicted molar refractivity (Wildman–Crippen MR) is 68.6 cm³/mol. The quantitative estimate of drug-likeness (QED) is 0.704. The molecule has 0 aromatic carbocycles. The summed E-state index contributed by atoms with van der Waals surface area (Å²) >= 11 is 0. The van der Waals surface area contributed by atoms with Gasteiger partial charge in [-0.25, -0.2) is 0 Å². The van der Waals surface area contributed by atoms with Crippen LogP contribution in [0.5, 0.6) is 0 Å². The molecule has 1 aliphatic rings. The van der Waals surface area contributed by atoms with Gasteiger partial charge in [-0.2, -0.15) is 5.26 Å². The van der Waals surface area contributed by atoms with E-state index in [1.165, 1.54) is 0 Å². The van der Waals surface area contributed by atoms with E-state index in [4.69, 9.17) is 5.26 Å². The van der Waals surface area contributed by atoms with Crippen molar-refractivity contribution in [3.8, 4) is 6.07 Å². The number of unbranched alkanes of at least 4 members (excludes halogenated alkanes) is 1. The monoisotopic (exact) mass is 239 g/mol. The Morgan fingerprint density at radius 2 is 2.24 bits per heavy atom. The zero-order valence-corrected chi connectivity index (χ0v) is 11.1. The number of nitriles is 1. The second-order valence-electron chi connectivity index (χ2n) is 4.97. The molecule has 4 nitrogen and oxygen atoms in total. The zero-order chi connectivity index (χ0) is 12.7. The van der Waals surface area contributed by atoms with E-state index in [1.54, 1.807) is 0 Å². The highest BCUT2D eigenvalue weighted by Gasteiger charge is 2.25. The average molecular weight is 239 g/mol. The highest BCUT2D eigenvalue weighted by molar-refractivity contribution is 4.82. The van der Waals surface area contributed by atoms with Crippen molar-refractivity contribution in [1.29, 1.82) is 5.26 Å². The van der Waals surface area contributed by atoms with Crippen LogP contribution in [0, 0.1) is 11.3 Å². The Hall–Kier alpha value is -0.630. The fourth-order valence-corrected chi connectivity index (χ4v) is 2.51. The van der Waals surface area contributed by atoms with Crippen molar-refractivity contribution in [3.05, 3.63) is 0 Å². The van der Waals surface area contributed by atoms with E-state index in [1.807, 2.05) is 6.92 Å². The molecule has 0 amide bonds. The maximum absolute atomic E-state index is 9.47. The molecular weight excluding hydrogens is 214 g/mol. The maximum atomic E-state index is 9.47. The van der Waals surface area contributed by atoms with Crippen molar-refractivity contribution in [2.45, 2.75) is 45.3 Å². The summed E-state index contributed by atoms with van der Waals surface area (Å²) in [7, 11) is 0. The van der Waals surface area contributed by atoms with Gasteiger partial charge in [-0.15, -0.1) is 0 Å². The lowest BCUT2D eigenvalue weighted by molar-refractivity contribution is 0.0364. The predicted octanol–water partition coefficient (Wildman–Crippen LogP) is 1.07. The summed E-state index contributed by atoms with van der Waals surface area (Å²) in [6.45, 7) is 9.06. The van der Waals surface area contributed by atoms with Crippen LogP contribution < -0.4 is 0 Å². The zero-order valence-electron chi connectivity index (χ0n) is 11.1. The van der Waals surface area contributed by atoms with Crippen LogP contribution >= 0.6 is 0 Å². The first-order valence-corrected chi connectivity index (χ1v) is 6.68. The van der Waals surface area contributed by atoms with Gasteiger partial charge in [0.2, 0.25) is 0 Å². The van der Waals surface area contributed by atoms with E-state index in [0.29, 0.717) is 12.5 Å². The van der Waals surface area contributed by atoms with Crippen LogP contribution in [0.25, 0.3) is 0 Å². The first-order chi connectivity index (χ1) is 8.17. The molecule has 0 radical (unpaired) electrons. The Morgan fingerprint density at radius 1 is 1.47 bits per heavy atom. The van der Waals surface area contributed by atoms with Crippen molar-refractivity contribution in [2.75, 3.05) is 32.7 Å². The Balaban J connectivity index is 2.35. The van der Waals surface area contributed by atoms with Gasteiger partial charge in [0, 0.05) is 38.6 Å². The van der Waals surface area contributed by atoms with Crippen LogP contribution in [0.2, 0.25) is 0 Å². The first kappa shape index (κ1) is 14.4. The molecule has 98 valence electrons. The van der Waals surface area contributed by atoms with Crippen LogP contribution in [-0.2, 0) is 0 Å². The van der Waals surface area contributed by atoms with E-state index in [0.717, 1.165) is 45.6 Å². The normalized spacial score (nSPS) is 24.5. The number of hydrogen-bond donors (Lipinski definition) is 1. The van der Waals surface area contributed by atoms with Crippen molar-refractivity contribution in [3.63, 3.8) is 0 Å². The van der Waals surface area contributed by atoms with Crippen molar-refractivity contribution >= 4 is 0 Å². The molecule has 1 heterocycles. The molecule has 0 spiro atoms. The Kier molecular flexibility index (Phi) is 6.49. The molecule has 1 fully saturated rings. The number of hydrogen-bond acceptors (Lipinski definition) is 4. The van der Waals surface area contributed by atoms with Gasteiger partial charge in [0.15, 0.2) is 0 Å². The first-order valence-electron chi connectivity index (χ1n) is 6.68. The largest absolute Gasteiger partial charge is 0.392 e. The van der Waals surface area contributed by atoms with Crippen LogP contribution in [0.3, 0.4) is 0 Å². The van der Waals surface area contributed by atoms with Crippen LogP contribution in [-0.4, -0.2) is 59.8 Å². The molecular formula is C13H25N3O. The SMILES string of the molecule is CC[C@H]1CN(CCCC#N)CCN1C[C@H](C)O. The molecule has 1 rings (SSSR count). The number of piperazine rings is 1. The Labute approximate surface area is 105 Å². The minimum absolute atomic E-state index is 0.241. The molecule has 0 unspecified atom stereocenters. The van der Waals surface area contributed by atoms with Gasteiger partial charge in [-0.05, 0) is 26.3 Å². The van der Waals surface area contributed by atoms with Gasteiger partial charge >= 0.3 is 0 Å². The highest BCUT2D eigenvalue weighted by atomic mass is 16.3. The second-order valence-corrected chi connectivity index (χ2v) is 4.97. The third kappa shape index (κ3) is 5.03. The van der Waals surface area contributed by atoms with Crippen molar-refractivity contribution in [1.82, 2.24) is 9.80 Å². The highest BCUT2D eigenvalue weighted by Crippen LogP contribution is 2.13. The van der Waals surface area contributed by atoms with Crippen LogP contribution in [0.15, 0.2) is 0 Å². The second kappa shape index (κ2) is 7.65. The number of aliphatic hydroxyl groups is 1. The van der Waals surface area contributed by atoms with Gasteiger partial charge in [-0.3, -0.25) is 4.90 Å². The van der Waals surface area contributed by atoms with E-state index < -0.39 is 0 Å². The molecule has 1 saturated heterocycles. The lowest BCUT2D eigenvalue weighted by Gasteiger charge is -2.41. The summed E-state index contributed by atoms with van der Waals surface area (Å²) in [5.41, 5.74) is 0. The van der Waals surface area contributed by atoms with Gasteiger partial charge < -0.3 is 10.0 Å². The average Bonchev–Trinajstić information content (AvgIpc) is 2.30. The van der Waals surface area contributed by atoms with E-state index >= 15 is 0 Å². The van der Waals surface area contributed by atoms with Gasteiger partial charge in [-0.1, -0.05) is 6.92 Å². The molecule has 4 heteroatoms. The maximum Gasteiger partial charge on any atom is 0.0639 e. The van der Waals surface area contributed by atoms with E-state index in [-0.39, 0.29) is 6.10 Å². The standard InChI is InChI=1S/C13H25N3O/c1-3-13-11-15(7-5-4-6-14)8-9-16(13)10-12(2)17/h12-13,17H,3-5,7-11H2,1-2H3/t12-,13-/m0/s1. The minimum atomic E-state index is -0.241. The number of β-amino-alcohol motifs (C(OH)–C–C–N with tert-alkyl or cyclic N) is 1. The summed E-state index contributed by atoms with van der Waals surface area (Å²) in [5, 5.41) is 18.0. The number of nitrogens with zero attached hydrogens (tertiary/aromatic N) is 3. The fraction of sp³-hybridized carbons (Fsp3) is 0.923. The van der Waals surface area contributed by atoms with E-state index in [9.17, 15) is 5.11 Å². The summed E-state index contributed by atoms with van der Waals surface area (Å²) in [6, 6.07) is 2.75. The third-order valence-corrected chi connectivity index (χ3v) is 3.42. The number of aliphatic hydroxyl groups excluding tert-OH is 1. The van der Waals surface area contributed by atoms with Crippen molar-refractivity contribution in [2.24, 2.45) is 0 Å². The fourth-order valence-electron chi connectivity index (χ4n) is 2.51. The minimum Gasteiger partial charge on any atom is -0.392 e. The summed E-state index contributed by atoms with van der Waals surface area (Å²) < 4.78 is 0. The molecule has 0 aromatic heterocycles. The Bertz CT molecular complexity index is 250. The van der Waals surface area contributed by atoms with Gasteiger partial charge in [0.1, 0.15) is 0 Å². The third-order valence-electron chi connectivity index (χ3n) is 3.42. The molecule has 0 aromatic rings. The van der Waals surface area contributed by atoms with Gasteiger partial charge in [0.25, 0.3) is 0 Å². The summed E-state index contributed by atoms with van der Waals surface area (Å²) in [5.74, 6) is 0. The molecule has 2 atom stereocenters. The van der Waals surface area contributed by atoms with Crippen LogP contribution in [0.4, 0.5) is 0 Å².